The third-order valence-electron chi connectivity index (χ3n) is 2.26. The van der Waals surface area contributed by atoms with E-state index in [1.54, 1.807) is 19.5 Å². The minimum Gasteiger partial charge on any atom is -0.379 e. The number of hydrogen-bond donors (Lipinski definition) is 2. The molecule has 0 radical (unpaired) electrons. The molecular weight excluding hydrogens is 202 g/mol. The first kappa shape index (κ1) is 9.55. The molecule has 76 valence electrons. The van der Waals surface area contributed by atoms with Gasteiger partial charge in [0.15, 0.2) is 0 Å². The Morgan fingerprint density at radius 1 is 1.43 bits per heavy atom. The Kier molecular flexibility index (Phi) is 2.74. The van der Waals surface area contributed by atoms with Crippen molar-refractivity contribution in [2.45, 2.75) is 6.10 Å². The van der Waals surface area contributed by atoms with Crippen LogP contribution in [-0.2, 0) is 4.74 Å². The molecule has 0 saturated carbocycles. The number of halogens is 1. The molecule has 1 aliphatic heterocycles. The largest absolute Gasteiger partial charge is 0.379 e. The Labute approximate surface area is 87.6 Å². The van der Waals surface area contributed by atoms with E-state index in [1.165, 1.54) is 0 Å². The number of nitrogens with one attached hydrogen (secondary N) is 2. The van der Waals surface area contributed by atoms with Crippen molar-refractivity contribution in [1.29, 1.82) is 0 Å². The van der Waals surface area contributed by atoms with Gasteiger partial charge in [-0.15, -0.1) is 0 Å². The lowest BCUT2D eigenvalue weighted by Crippen LogP contribution is -2.26. The van der Waals surface area contributed by atoms with Crippen LogP contribution in [0.15, 0.2) is 12.4 Å². The monoisotopic (exact) mass is 213 g/mol. The van der Waals surface area contributed by atoms with Crippen molar-refractivity contribution in [1.82, 2.24) is 4.98 Å². The number of anilines is 2. The highest BCUT2D eigenvalue weighted by atomic mass is 35.5. The summed E-state index contributed by atoms with van der Waals surface area (Å²) in [5.41, 5.74) is 1.83. The molecule has 0 spiro atoms. The van der Waals surface area contributed by atoms with E-state index in [0.717, 1.165) is 24.5 Å². The van der Waals surface area contributed by atoms with E-state index >= 15 is 0 Å². The van der Waals surface area contributed by atoms with Crippen LogP contribution in [-0.4, -0.2) is 31.3 Å². The average Bonchev–Trinajstić information content (AvgIpc) is 2.41. The average molecular weight is 214 g/mol. The molecule has 0 fully saturated rings. The van der Waals surface area contributed by atoms with Gasteiger partial charge in [0.2, 0.25) is 0 Å². The first-order valence-electron chi connectivity index (χ1n) is 4.45. The van der Waals surface area contributed by atoms with Crippen LogP contribution in [0.4, 0.5) is 11.4 Å². The third-order valence-corrected chi connectivity index (χ3v) is 2.55. The van der Waals surface area contributed by atoms with Gasteiger partial charge in [-0.05, 0) is 0 Å². The number of pyridine rings is 1. The molecule has 1 atom stereocenters. The molecule has 0 bridgehead atoms. The molecule has 1 unspecified atom stereocenters. The van der Waals surface area contributed by atoms with E-state index in [9.17, 15) is 0 Å². The van der Waals surface area contributed by atoms with E-state index in [1.807, 2.05) is 0 Å². The molecule has 1 aliphatic rings. The molecule has 2 N–H and O–H groups in total. The van der Waals surface area contributed by atoms with Crippen molar-refractivity contribution in [3.8, 4) is 0 Å². The molecule has 0 aromatic carbocycles. The molecule has 14 heavy (non-hydrogen) atoms. The summed E-state index contributed by atoms with van der Waals surface area (Å²) >= 11 is 6.00. The Hall–Kier alpha value is -1.00. The molecule has 1 aromatic rings. The Balaban J connectivity index is 2.25. The lowest BCUT2D eigenvalue weighted by Gasteiger charge is -2.11. The van der Waals surface area contributed by atoms with Gasteiger partial charge in [-0.25, -0.2) is 0 Å². The van der Waals surface area contributed by atoms with Crippen LogP contribution in [0.3, 0.4) is 0 Å². The Morgan fingerprint density at radius 3 is 3.00 bits per heavy atom. The van der Waals surface area contributed by atoms with Crippen molar-refractivity contribution in [2.24, 2.45) is 0 Å². The molecule has 2 heterocycles. The van der Waals surface area contributed by atoms with Gasteiger partial charge in [-0.3, -0.25) is 4.98 Å². The van der Waals surface area contributed by atoms with Crippen molar-refractivity contribution in [3.63, 3.8) is 0 Å². The molecule has 0 amide bonds. The molecule has 0 aliphatic carbocycles. The summed E-state index contributed by atoms with van der Waals surface area (Å²) in [6.07, 6.45) is 3.53. The first-order valence-corrected chi connectivity index (χ1v) is 4.83. The van der Waals surface area contributed by atoms with Crippen LogP contribution in [0, 0.1) is 0 Å². The van der Waals surface area contributed by atoms with E-state index in [2.05, 4.69) is 15.6 Å². The van der Waals surface area contributed by atoms with Gasteiger partial charge in [-0.1, -0.05) is 11.6 Å². The standard InChI is InChI=1S/C9H12ClN3O/c1-14-6-2-12-8-5-11-4-7(10)9(8)13-3-6/h4-6,12-13H,2-3H2,1H3. The smallest absolute Gasteiger partial charge is 0.0915 e. The number of methoxy groups -OCH3 is 1. The number of nitrogens with zero attached hydrogens (tertiary/aromatic N) is 1. The number of fused-ring (bicyclic) bond motifs is 1. The number of rotatable bonds is 1. The topological polar surface area (TPSA) is 46.2 Å². The Morgan fingerprint density at radius 2 is 2.21 bits per heavy atom. The minimum atomic E-state index is 0.151. The zero-order valence-electron chi connectivity index (χ0n) is 7.88. The highest BCUT2D eigenvalue weighted by molar-refractivity contribution is 6.33. The SMILES string of the molecule is COC1CNc2cncc(Cl)c2NC1. The van der Waals surface area contributed by atoms with Crippen molar-refractivity contribution >= 4 is 23.0 Å². The van der Waals surface area contributed by atoms with Crippen LogP contribution in [0.25, 0.3) is 0 Å². The fourth-order valence-electron chi connectivity index (χ4n) is 1.43. The van der Waals surface area contributed by atoms with Crippen molar-refractivity contribution < 1.29 is 4.74 Å². The maximum atomic E-state index is 6.00. The van der Waals surface area contributed by atoms with Gasteiger partial charge in [0.1, 0.15) is 0 Å². The predicted molar refractivity (Wildman–Crippen MR) is 57.0 cm³/mol. The van der Waals surface area contributed by atoms with Crippen LogP contribution < -0.4 is 10.6 Å². The second kappa shape index (κ2) is 4.02. The Bertz CT molecular complexity index is 332. The molecule has 1 aromatic heterocycles. The summed E-state index contributed by atoms with van der Waals surface area (Å²) in [5.74, 6) is 0. The molecule has 4 nitrogen and oxygen atoms in total. The lowest BCUT2D eigenvalue weighted by atomic mass is 10.3. The zero-order valence-corrected chi connectivity index (χ0v) is 8.64. The summed E-state index contributed by atoms with van der Waals surface area (Å²) in [7, 11) is 1.70. The van der Waals surface area contributed by atoms with Crippen LogP contribution in [0.5, 0.6) is 0 Å². The zero-order chi connectivity index (χ0) is 9.97. The van der Waals surface area contributed by atoms with Crippen molar-refractivity contribution in [2.75, 3.05) is 30.8 Å². The van der Waals surface area contributed by atoms with Gasteiger partial charge in [0, 0.05) is 26.4 Å². The summed E-state index contributed by atoms with van der Waals surface area (Å²) in [6, 6.07) is 0. The fourth-order valence-corrected chi connectivity index (χ4v) is 1.65. The molecule has 2 rings (SSSR count). The lowest BCUT2D eigenvalue weighted by molar-refractivity contribution is 0.124. The van der Waals surface area contributed by atoms with Gasteiger partial charge < -0.3 is 15.4 Å². The van der Waals surface area contributed by atoms with E-state index < -0.39 is 0 Å². The predicted octanol–water partition coefficient (Wildman–Crippen LogP) is 1.59. The second-order valence-electron chi connectivity index (χ2n) is 3.16. The minimum absolute atomic E-state index is 0.151. The van der Waals surface area contributed by atoms with Crippen LogP contribution in [0.2, 0.25) is 5.02 Å². The molecule has 5 heteroatoms. The number of hydrogen-bond acceptors (Lipinski definition) is 4. The number of aromatic nitrogens is 1. The molecular formula is C9H12ClN3O. The van der Waals surface area contributed by atoms with E-state index in [0.29, 0.717) is 5.02 Å². The van der Waals surface area contributed by atoms with Crippen LogP contribution in [0.1, 0.15) is 0 Å². The first-order chi connectivity index (χ1) is 6.81. The van der Waals surface area contributed by atoms with Gasteiger partial charge in [-0.2, -0.15) is 0 Å². The van der Waals surface area contributed by atoms with E-state index in [4.69, 9.17) is 16.3 Å². The van der Waals surface area contributed by atoms with Gasteiger partial charge >= 0.3 is 0 Å². The summed E-state index contributed by atoms with van der Waals surface area (Å²) < 4.78 is 5.25. The number of ether oxygens (including phenoxy) is 1. The molecule has 0 saturated heterocycles. The highest BCUT2D eigenvalue weighted by Crippen LogP contribution is 2.30. The quantitative estimate of drug-likeness (QED) is 0.744. The second-order valence-corrected chi connectivity index (χ2v) is 3.57. The van der Waals surface area contributed by atoms with Crippen molar-refractivity contribution in [3.05, 3.63) is 17.4 Å². The summed E-state index contributed by atoms with van der Waals surface area (Å²) in [6.45, 7) is 1.51. The maximum absolute atomic E-state index is 6.00. The highest BCUT2D eigenvalue weighted by Gasteiger charge is 2.16. The normalized spacial score (nSPS) is 20.3. The maximum Gasteiger partial charge on any atom is 0.0915 e. The third kappa shape index (κ3) is 1.76. The van der Waals surface area contributed by atoms with E-state index in [-0.39, 0.29) is 6.10 Å². The summed E-state index contributed by atoms with van der Waals surface area (Å²) in [4.78, 5) is 4.01. The van der Waals surface area contributed by atoms with Crippen LogP contribution >= 0.6 is 11.6 Å². The van der Waals surface area contributed by atoms with Gasteiger partial charge in [0.25, 0.3) is 0 Å². The summed E-state index contributed by atoms with van der Waals surface area (Å²) in [5, 5.41) is 7.10. The fraction of sp³-hybridized carbons (Fsp3) is 0.444. The van der Waals surface area contributed by atoms with Gasteiger partial charge in [0.05, 0.1) is 28.7 Å².